The van der Waals surface area contributed by atoms with Crippen molar-refractivity contribution in [3.05, 3.63) is 63.1 Å². The number of carbonyl (C=O) groups excluding carboxylic acids is 2. The first kappa shape index (κ1) is 26.8. The van der Waals surface area contributed by atoms with Gasteiger partial charge in [-0.25, -0.2) is 0 Å². The number of carbonyl (C=O) groups is 2. The molecule has 8 heteroatoms. The molecule has 0 spiro atoms. The Bertz CT molecular complexity index is 907. The number of nitrogens with one attached hydrogen (secondary N) is 1. The molecule has 0 aliphatic carbocycles. The first-order chi connectivity index (χ1) is 15.2. The van der Waals surface area contributed by atoms with Crippen molar-refractivity contribution < 1.29 is 9.59 Å². The van der Waals surface area contributed by atoms with Crippen molar-refractivity contribution in [2.45, 2.75) is 51.1 Å². The largest absolute Gasteiger partial charge is 0.354 e. The Hall–Kier alpha value is -1.40. The van der Waals surface area contributed by atoms with Crippen LogP contribution in [0.1, 0.15) is 39.2 Å². The predicted octanol–water partition coefficient (Wildman–Crippen LogP) is 6.71. The average Bonchev–Trinajstić information content (AvgIpc) is 2.76. The van der Waals surface area contributed by atoms with Crippen molar-refractivity contribution in [3.63, 3.8) is 0 Å². The molecule has 0 bridgehead atoms. The molecule has 0 saturated carbocycles. The van der Waals surface area contributed by atoms with Crippen LogP contribution < -0.4 is 5.32 Å². The van der Waals surface area contributed by atoms with E-state index in [9.17, 15) is 9.59 Å². The van der Waals surface area contributed by atoms with E-state index in [0.29, 0.717) is 40.4 Å². The molecule has 0 aliphatic rings. The molecule has 0 fully saturated rings. The number of amides is 2. The van der Waals surface area contributed by atoms with Crippen molar-refractivity contribution >= 4 is 58.4 Å². The highest BCUT2D eigenvalue weighted by Gasteiger charge is 2.26. The fourth-order valence-corrected chi connectivity index (χ4v) is 4.26. The summed E-state index contributed by atoms with van der Waals surface area (Å²) >= 11 is 19.8. The minimum absolute atomic E-state index is 0.0695. The summed E-state index contributed by atoms with van der Waals surface area (Å²) in [6.07, 6.45) is 1.05. The molecule has 1 atom stereocenters. The monoisotopic (exact) mass is 514 g/mol. The lowest BCUT2D eigenvalue weighted by Crippen LogP contribution is -2.48. The summed E-state index contributed by atoms with van der Waals surface area (Å²) in [5, 5.41) is 4.50. The first-order valence-corrected chi connectivity index (χ1v) is 12.7. The molecule has 2 aromatic carbocycles. The highest BCUT2D eigenvalue weighted by molar-refractivity contribution is 7.99. The number of benzene rings is 2. The zero-order valence-corrected chi connectivity index (χ0v) is 21.6. The van der Waals surface area contributed by atoms with Crippen LogP contribution in [0.5, 0.6) is 0 Å². The summed E-state index contributed by atoms with van der Waals surface area (Å²) in [7, 11) is 0. The molecule has 2 amide bonds. The standard InChI is InChI=1S/C24H29Cl3N2O2S/c1-16(2)14-28-24(31)17(3)29(15-18-6-11-21(26)22(27)13-18)23(30)5-4-12-32-20-9-7-19(25)8-10-20/h6-11,13,16-17H,4-5,12,14-15H2,1-3H3,(H,28,31). The second-order valence-corrected chi connectivity index (χ2v) is 10.4. The van der Waals surface area contributed by atoms with Crippen LogP contribution in [0.25, 0.3) is 0 Å². The second kappa shape index (κ2) is 13.3. The van der Waals surface area contributed by atoms with Crippen molar-refractivity contribution in [1.29, 1.82) is 0 Å². The third-order valence-corrected chi connectivity index (χ3v) is 6.90. The van der Waals surface area contributed by atoms with Gasteiger partial charge in [0, 0.05) is 29.4 Å². The average molecular weight is 516 g/mol. The number of halogens is 3. The molecular formula is C24H29Cl3N2O2S. The van der Waals surface area contributed by atoms with Gasteiger partial charge in [-0.1, -0.05) is 54.7 Å². The highest BCUT2D eigenvalue weighted by atomic mass is 35.5. The van der Waals surface area contributed by atoms with Crippen LogP contribution in [-0.2, 0) is 16.1 Å². The molecule has 0 radical (unpaired) electrons. The molecule has 0 heterocycles. The summed E-state index contributed by atoms with van der Waals surface area (Å²) in [6.45, 7) is 6.67. The minimum Gasteiger partial charge on any atom is -0.354 e. The maximum Gasteiger partial charge on any atom is 0.242 e. The second-order valence-electron chi connectivity index (χ2n) is 7.99. The van der Waals surface area contributed by atoms with Gasteiger partial charge < -0.3 is 10.2 Å². The molecule has 2 rings (SSSR count). The van der Waals surface area contributed by atoms with Gasteiger partial charge in [0.05, 0.1) is 10.0 Å². The van der Waals surface area contributed by atoms with Gasteiger partial charge >= 0.3 is 0 Å². The van der Waals surface area contributed by atoms with E-state index < -0.39 is 6.04 Å². The number of hydrogen-bond acceptors (Lipinski definition) is 3. The first-order valence-electron chi connectivity index (χ1n) is 10.6. The number of nitrogens with zero attached hydrogens (tertiary/aromatic N) is 1. The van der Waals surface area contributed by atoms with Crippen molar-refractivity contribution in [2.75, 3.05) is 12.3 Å². The molecule has 2 aromatic rings. The van der Waals surface area contributed by atoms with Crippen LogP contribution in [0.2, 0.25) is 15.1 Å². The Labute approximate surface area is 210 Å². The van der Waals surface area contributed by atoms with Crippen LogP contribution in [-0.4, -0.2) is 35.1 Å². The number of thioether (sulfide) groups is 1. The van der Waals surface area contributed by atoms with Crippen LogP contribution in [0.3, 0.4) is 0 Å². The molecule has 1 N–H and O–H groups in total. The lowest BCUT2D eigenvalue weighted by molar-refractivity contribution is -0.140. The van der Waals surface area contributed by atoms with Crippen molar-refractivity contribution in [1.82, 2.24) is 10.2 Å². The van der Waals surface area contributed by atoms with E-state index in [-0.39, 0.29) is 18.4 Å². The zero-order valence-electron chi connectivity index (χ0n) is 18.5. The summed E-state index contributed by atoms with van der Waals surface area (Å²) in [4.78, 5) is 28.5. The third kappa shape index (κ3) is 8.86. The third-order valence-electron chi connectivity index (χ3n) is 4.81. The van der Waals surface area contributed by atoms with Crippen molar-refractivity contribution in [3.8, 4) is 0 Å². The normalized spacial score (nSPS) is 12.0. The highest BCUT2D eigenvalue weighted by Crippen LogP contribution is 2.25. The van der Waals surface area contributed by atoms with Crippen LogP contribution in [0.15, 0.2) is 47.4 Å². The Kier molecular flexibility index (Phi) is 11.2. The molecule has 0 aliphatic heterocycles. The van der Waals surface area contributed by atoms with E-state index in [1.165, 1.54) is 0 Å². The lowest BCUT2D eigenvalue weighted by Gasteiger charge is -2.29. The Morgan fingerprint density at radius 2 is 1.69 bits per heavy atom. The zero-order chi connectivity index (χ0) is 23.7. The minimum atomic E-state index is -0.598. The van der Waals surface area contributed by atoms with E-state index in [4.69, 9.17) is 34.8 Å². The van der Waals surface area contributed by atoms with Gasteiger partial charge in [-0.3, -0.25) is 9.59 Å². The van der Waals surface area contributed by atoms with Gasteiger partial charge in [0.1, 0.15) is 6.04 Å². The number of rotatable bonds is 11. The molecule has 0 aromatic heterocycles. The fraction of sp³-hybridized carbons (Fsp3) is 0.417. The van der Waals surface area contributed by atoms with E-state index in [1.54, 1.807) is 35.7 Å². The van der Waals surface area contributed by atoms with E-state index in [2.05, 4.69) is 5.32 Å². The topological polar surface area (TPSA) is 49.4 Å². The van der Waals surface area contributed by atoms with Crippen LogP contribution >= 0.6 is 46.6 Å². The van der Waals surface area contributed by atoms with Crippen molar-refractivity contribution in [2.24, 2.45) is 5.92 Å². The lowest BCUT2D eigenvalue weighted by atomic mass is 10.1. The van der Waals surface area contributed by atoms with Crippen LogP contribution in [0, 0.1) is 5.92 Å². The summed E-state index contributed by atoms with van der Waals surface area (Å²) in [5.74, 6) is 0.889. The Morgan fingerprint density at radius 3 is 2.31 bits per heavy atom. The maximum absolute atomic E-state index is 13.1. The molecular weight excluding hydrogens is 487 g/mol. The van der Waals surface area contributed by atoms with E-state index in [0.717, 1.165) is 16.2 Å². The maximum atomic E-state index is 13.1. The summed E-state index contributed by atoms with van der Waals surface area (Å²) < 4.78 is 0. The fourth-order valence-electron chi connectivity index (χ4n) is 2.96. The molecule has 0 saturated heterocycles. The molecule has 1 unspecified atom stereocenters. The molecule has 174 valence electrons. The van der Waals surface area contributed by atoms with E-state index in [1.807, 2.05) is 44.2 Å². The van der Waals surface area contributed by atoms with Gasteiger partial charge in [0.2, 0.25) is 11.8 Å². The smallest absolute Gasteiger partial charge is 0.242 e. The molecule has 32 heavy (non-hydrogen) atoms. The van der Waals surface area contributed by atoms with E-state index >= 15 is 0 Å². The SMILES string of the molecule is CC(C)CNC(=O)C(C)N(Cc1ccc(Cl)c(Cl)c1)C(=O)CCCSc1ccc(Cl)cc1. The molecule has 4 nitrogen and oxygen atoms in total. The van der Waals surface area contributed by atoms with Gasteiger partial charge in [-0.05, 0) is 67.0 Å². The van der Waals surface area contributed by atoms with Gasteiger partial charge in [-0.15, -0.1) is 11.8 Å². The van der Waals surface area contributed by atoms with Crippen LogP contribution in [0.4, 0.5) is 0 Å². The number of hydrogen-bond donors (Lipinski definition) is 1. The Balaban J connectivity index is 2.02. The quantitative estimate of drug-likeness (QED) is 0.267. The Morgan fingerprint density at radius 1 is 1.00 bits per heavy atom. The predicted molar refractivity (Wildman–Crippen MR) is 136 cm³/mol. The van der Waals surface area contributed by atoms with Gasteiger partial charge in [-0.2, -0.15) is 0 Å². The summed E-state index contributed by atoms with van der Waals surface area (Å²) in [6, 6.07) is 12.3. The van der Waals surface area contributed by atoms with Gasteiger partial charge in [0.25, 0.3) is 0 Å². The summed E-state index contributed by atoms with van der Waals surface area (Å²) in [5.41, 5.74) is 0.826. The van der Waals surface area contributed by atoms with Gasteiger partial charge in [0.15, 0.2) is 0 Å².